The summed E-state index contributed by atoms with van der Waals surface area (Å²) in [7, 11) is 0. The van der Waals surface area contributed by atoms with Gasteiger partial charge in [-0.1, -0.05) is 0 Å². The predicted molar refractivity (Wildman–Crippen MR) is 74.8 cm³/mol. The molecule has 0 radical (unpaired) electrons. The van der Waals surface area contributed by atoms with Gasteiger partial charge in [-0.05, 0) is 19.1 Å². The van der Waals surface area contributed by atoms with Crippen LogP contribution in [0.5, 0.6) is 0 Å². The molecule has 1 aliphatic rings. The summed E-state index contributed by atoms with van der Waals surface area (Å²) in [6, 6.07) is 5.47. The SMILES string of the molecule is CC1=NC(O)(c2ccc([N+](=O)[O-])cc2)CC(O)(C(F)(F)F)C1C#N. The molecular weight excluding hydrogens is 331 g/mol. The highest BCUT2D eigenvalue weighted by atomic mass is 19.4. The van der Waals surface area contributed by atoms with Crippen LogP contribution < -0.4 is 0 Å². The molecule has 3 atom stereocenters. The highest BCUT2D eigenvalue weighted by Gasteiger charge is 2.65. The Kier molecular flexibility index (Phi) is 4.12. The second-order valence-electron chi connectivity index (χ2n) is 5.53. The highest BCUT2D eigenvalue weighted by Crippen LogP contribution is 2.48. The molecule has 2 N–H and O–H groups in total. The van der Waals surface area contributed by atoms with E-state index in [-0.39, 0.29) is 17.0 Å². The molecule has 0 fully saturated rings. The molecule has 7 nitrogen and oxygen atoms in total. The lowest BCUT2D eigenvalue weighted by Gasteiger charge is -2.43. The van der Waals surface area contributed by atoms with Gasteiger partial charge in [0.1, 0.15) is 5.92 Å². The standard InChI is InChI=1S/C14H12F3N3O4/c1-8-11(6-18)12(21,14(15,16)17)7-13(22,19-8)9-2-4-10(5-3-9)20(23)24/h2-5,11,21-22H,7H2,1H3. The van der Waals surface area contributed by atoms with Crippen LogP contribution in [0.1, 0.15) is 18.9 Å². The lowest BCUT2D eigenvalue weighted by molar-refractivity contribution is -0.384. The molecule has 0 saturated heterocycles. The number of benzene rings is 1. The largest absolute Gasteiger partial charge is 0.419 e. The summed E-state index contributed by atoms with van der Waals surface area (Å²) in [4.78, 5) is 13.7. The van der Waals surface area contributed by atoms with Crippen molar-refractivity contribution in [1.82, 2.24) is 0 Å². The second kappa shape index (κ2) is 5.54. The lowest BCUT2D eigenvalue weighted by Crippen LogP contribution is -2.59. The Morgan fingerprint density at radius 3 is 2.33 bits per heavy atom. The van der Waals surface area contributed by atoms with Crippen LogP contribution in [0.15, 0.2) is 29.3 Å². The monoisotopic (exact) mass is 343 g/mol. The van der Waals surface area contributed by atoms with Crippen LogP contribution >= 0.6 is 0 Å². The Balaban J connectivity index is 2.56. The van der Waals surface area contributed by atoms with E-state index in [9.17, 15) is 33.5 Å². The Hall–Kier alpha value is -2.51. The van der Waals surface area contributed by atoms with Crippen molar-refractivity contribution in [2.75, 3.05) is 0 Å². The lowest BCUT2D eigenvalue weighted by atomic mass is 9.74. The van der Waals surface area contributed by atoms with E-state index in [0.29, 0.717) is 0 Å². The zero-order chi connectivity index (χ0) is 18.3. The smallest absolute Gasteiger partial charge is 0.379 e. The first kappa shape index (κ1) is 17.8. The Morgan fingerprint density at radius 1 is 1.38 bits per heavy atom. The fourth-order valence-electron chi connectivity index (χ4n) is 2.70. The summed E-state index contributed by atoms with van der Waals surface area (Å²) in [5.74, 6) is -1.96. The molecule has 10 heteroatoms. The third kappa shape index (κ3) is 2.72. The van der Waals surface area contributed by atoms with E-state index in [2.05, 4.69) is 4.99 Å². The summed E-state index contributed by atoms with van der Waals surface area (Å²) in [6.45, 7) is 1.10. The molecule has 0 saturated carbocycles. The van der Waals surface area contributed by atoms with Gasteiger partial charge in [0.15, 0.2) is 11.3 Å². The number of non-ortho nitro benzene ring substituents is 1. The summed E-state index contributed by atoms with van der Waals surface area (Å²) in [6.07, 6.45) is -6.48. The first-order chi connectivity index (χ1) is 10.9. The van der Waals surface area contributed by atoms with E-state index in [1.807, 2.05) is 0 Å². The molecule has 128 valence electrons. The van der Waals surface area contributed by atoms with Crippen LogP contribution in [0, 0.1) is 27.4 Å². The molecule has 1 aromatic carbocycles. The van der Waals surface area contributed by atoms with Gasteiger partial charge in [-0.15, -0.1) is 0 Å². The number of rotatable bonds is 2. The van der Waals surface area contributed by atoms with Gasteiger partial charge < -0.3 is 10.2 Å². The van der Waals surface area contributed by atoms with Gasteiger partial charge in [0.05, 0.1) is 11.0 Å². The first-order valence-corrected chi connectivity index (χ1v) is 6.67. The van der Waals surface area contributed by atoms with Gasteiger partial charge in [-0.3, -0.25) is 15.1 Å². The van der Waals surface area contributed by atoms with Crippen molar-refractivity contribution in [3.8, 4) is 6.07 Å². The minimum Gasteiger partial charge on any atom is -0.379 e. The van der Waals surface area contributed by atoms with Gasteiger partial charge in [-0.25, -0.2) is 0 Å². The third-order valence-corrected chi connectivity index (χ3v) is 3.93. The molecule has 0 bridgehead atoms. The predicted octanol–water partition coefficient (Wildman–Crippen LogP) is 2.04. The molecular formula is C14H12F3N3O4. The van der Waals surface area contributed by atoms with Gasteiger partial charge in [-0.2, -0.15) is 18.4 Å². The number of nitrogens with zero attached hydrogens (tertiary/aromatic N) is 3. The maximum atomic E-state index is 13.3. The number of nitriles is 1. The zero-order valence-corrected chi connectivity index (χ0v) is 12.3. The maximum Gasteiger partial charge on any atom is 0.419 e. The highest BCUT2D eigenvalue weighted by molar-refractivity contribution is 5.89. The number of hydrogen-bond donors (Lipinski definition) is 2. The van der Waals surface area contributed by atoms with Crippen molar-refractivity contribution < 1.29 is 28.3 Å². The average Bonchev–Trinajstić information content (AvgIpc) is 2.45. The number of nitro benzene ring substituents is 1. The molecule has 1 heterocycles. The molecule has 1 aromatic rings. The Labute approximate surface area is 133 Å². The topological polar surface area (TPSA) is 120 Å². The summed E-state index contributed by atoms with van der Waals surface area (Å²) in [5.41, 5.74) is -6.82. The maximum absolute atomic E-state index is 13.3. The number of aliphatic imine (C=N–C) groups is 1. The Bertz CT molecular complexity index is 741. The van der Waals surface area contributed by atoms with E-state index in [4.69, 9.17) is 5.26 Å². The second-order valence-corrected chi connectivity index (χ2v) is 5.53. The molecule has 3 unspecified atom stereocenters. The molecule has 0 spiro atoms. The third-order valence-electron chi connectivity index (χ3n) is 3.93. The number of aliphatic hydroxyl groups is 2. The number of hydrogen-bond acceptors (Lipinski definition) is 6. The quantitative estimate of drug-likeness (QED) is 0.629. The van der Waals surface area contributed by atoms with Crippen molar-refractivity contribution in [2.45, 2.75) is 30.8 Å². The van der Waals surface area contributed by atoms with Crippen LogP contribution in [0.3, 0.4) is 0 Å². The molecule has 1 aliphatic heterocycles. The number of nitro groups is 1. The molecule has 24 heavy (non-hydrogen) atoms. The van der Waals surface area contributed by atoms with E-state index >= 15 is 0 Å². The zero-order valence-electron chi connectivity index (χ0n) is 12.3. The van der Waals surface area contributed by atoms with Crippen molar-refractivity contribution >= 4 is 11.4 Å². The fraction of sp³-hybridized carbons (Fsp3) is 0.429. The Morgan fingerprint density at radius 2 is 1.92 bits per heavy atom. The van der Waals surface area contributed by atoms with Crippen LogP contribution in [0.25, 0.3) is 0 Å². The fourth-order valence-corrected chi connectivity index (χ4v) is 2.70. The molecule has 0 aromatic heterocycles. The average molecular weight is 343 g/mol. The van der Waals surface area contributed by atoms with Crippen LogP contribution in [-0.2, 0) is 5.72 Å². The van der Waals surface area contributed by atoms with E-state index < -0.39 is 34.8 Å². The van der Waals surface area contributed by atoms with Gasteiger partial charge in [0.25, 0.3) is 5.69 Å². The van der Waals surface area contributed by atoms with Crippen LogP contribution in [-0.4, -0.2) is 32.6 Å². The normalized spacial score (nSPS) is 30.4. The van der Waals surface area contributed by atoms with Crippen molar-refractivity contribution in [2.24, 2.45) is 10.9 Å². The van der Waals surface area contributed by atoms with E-state index in [1.54, 1.807) is 0 Å². The number of halogens is 3. The minimum atomic E-state index is -5.18. The van der Waals surface area contributed by atoms with Crippen molar-refractivity contribution in [3.05, 3.63) is 39.9 Å². The van der Waals surface area contributed by atoms with Crippen LogP contribution in [0.4, 0.5) is 18.9 Å². The van der Waals surface area contributed by atoms with E-state index in [1.165, 1.54) is 6.07 Å². The van der Waals surface area contributed by atoms with Crippen molar-refractivity contribution in [1.29, 1.82) is 5.26 Å². The van der Waals surface area contributed by atoms with Gasteiger partial charge in [0, 0.05) is 29.8 Å². The molecule has 0 aliphatic carbocycles. The van der Waals surface area contributed by atoms with Gasteiger partial charge >= 0.3 is 6.18 Å². The van der Waals surface area contributed by atoms with E-state index in [0.717, 1.165) is 31.2 Å². The van der Waals surface area contributed by atoms with Crippen LogP contribution in [0.2, 0.25) is 0 Å². The summed E-state index contributed by atoms with van der Waals surface area (Å²) < 4.78 is 39.9. The summed E-state index contributed by atoms with van der Waals surface area (Å²) in [5, 5.41) is 40.2. The number of alkyl halides is 3. The minimum absolute atomic E-state index is 0.161. The molecule has 2 rings (SSSR count). The van der Waals surface area contributed by atoms with Gasteiger partial charge in [0.2, 0.25) is 0 Å². The molecule has 0 amide bonds. The van der Waals surface area contributed by atoms with Crippen molar-refractivity contribution in [3.63, 3.8) is 0 Å². The first-order valence-electron chi connectivity index (χ1n) is 6.67. The summed E-state index contributed by atoms with van der Waals surface area (Å²) >= 11 is 0.